The number of para-hydroxylation sites is 1. The number of H-pyrrole nitrogens is 1. The minimum atomic E-state index is 0.995. The van der Waals surface area contributed by atoms with E-state index in [2.05, 4.69) is 88.8 Å². The first-order valence-corrected chi connectivity index (χ1v) is 7.66. The molecule has 22 heavy (non-hydrogen) atoms. The van der Waals surface area contributed by atoms with Crippen molar-refractivity contribution in [3.05, 3.63) is 84.8 Å². The molecule has 2 nitrogen and oxygen atoms in total. The van der Waals surface area contributed by atoms with Crippen molar-refractivity contribution in [2.75, 3.05) is 0 Å². The summed E-state index contributed by atoms with van der Waals surface area (Å²) in [7, 11) is 0. The molecule has 108 valence electrons. The molecule has 0 fully saturated rings. The Hall–Kier alpha value is -2.74. The molecule has 2 aromatic heterocycles. The smallest absolute Gasteiger partial charge is 0.0456 e. The Labute approximate surface area is 130 Å². The zero-order chi connectivity index (χ0) is 14.8. The van der Waals surface area contributed by atoms with E-state index in [1.165, 1.54) is 27.6 Å². The first-order chi connectivity index (χ1) is 10.9. The van der Waals surface area contributed by atoms with E-state index in [4.69, 9.17) is 0 Å². The van der Waals surface area contributed by atoms with Gasteiger partial charge in [-0.25, -0.2) is 0 Å². The van der Waals surface area contributed by atoms with Crippen LogP contribution in [0.4, 0.5) is 0 Å². The number of aromatic amines is 1. The van der Waals surface area contributed by atoms with Gasteiger partial charge in [0.15, 0.2) is 0 Å². The maximum absolute atomic E-state index is 3.35. The van der Waals surface area contributed by atoms with Crippen molar-refractivity contribution in [1.82, 2.24) is 9.55 Å². The molecule has 0 aliphatic rings. The third-order valence-electron chi connectivity index (χ3n) is 4.17. The second kappa shape index (κ2) is 5.57. The molecule has 4 aromatic rings. The third kappa shape index (κ3) is 2.44. The van der Waals surface area contributed by atoms with Crippen molar-refractivity contribution < 1.29 is 0 Å². The molecule has 2 heterocycles. The number of rotatable bonds is 4. The lowest BCUT2D eigenvalue weighted by molar-refractivity contribution is 0.704. The number of benzene rings is 2. The SMILES string of the molecule is c1ccc(-c2ccn(CCc3c[nH]c4ccccc34)c2)cc1. The van der Waals surface area contributed by atoms with Crippen LogP contribution in [-0.4, -0.2) is 9.55 Å². The van der Waals surface area contributed by atoms with Crippen LogP contribution in [0.1, 0.15) is 5.56 Å². The van der Waals surface area contributed by atoms with Crippen LogP contribution in [0.5, 0.6) is 0 Å². The summed E-state index contributed by atoms with van der Waals surface area (Å²) in [6.07, 6.45) is 7.56. The van der Waals surface area contributed by atoms with Crippen LogP contribution in [-0.2, 0) is 13.0 Å². The number of hydrogen-bond acceptors (Lipinski definition) is 0. The highest BCUT2D eigenvalue weighted by Gasteiger charge is 2.04. The molecule has 0 aliphatic carbocycles. The highest BCUT2D eigenvalue weighted by Crippen LogP contribution is 2.21. The van der Waals surface area contributed by atoms with E-state index >= 15 is 0 Å². The van der Waals surface area contributed by atoms with E-state index in [1.54, 1.807) is 0 Å². The third-order valence-corrected chi connectivity index (χ3v) is 4.17. The second-order valence-corrected chi connectivity index (χ2v) is 5.61. The van der Waals surface area contributed by atoms with E-state index in [9.17, 15) is 0 Å². The van der Waals surface area contributed by atoms with Gasteiger partial charge in [0.25, 0.3) is 0 Å². The highest BCUT2D eigenvalue weighted by atomic mass is 14.9. The molecule has 0 amide bonds. The zero-order valence-corrected chi connectivity index (χ0v) is 12.4. The monoisotopic (exact) mass is 286 g/mol. The van der Waals surface area contributed by atoms with Crippen LogP contribution < -0.4 is 0 Å². The molecule has 0 saturated heterocycles. The predicted octanol–water partition coefficient (Wildman–Crippen LogP) is 4.88. The summed E-state index contributed by atoms with van der Waals surface area (Å²) in [6.45, 7) is 0.995. The molecule has 4 rings (SSSR count). The summed E-state index contributed by atoms with van der Waals surface area (Å²) >= 11 is 0. The van der Waals surface area contributed by atoms with Crippen molar-refractivity contribution in [3.8, 4) is 11.1 Å². The topological polar surface area (TPSA) is 20.7 Å². The number of nitrogens with one attached hydrogen (secondary N) is 1. The maximum atomic E-state index is 3.35. The standard InChI is InChI=1S/C20H18N2/c1-2-6-16(7-3-1)18-11-13-22(15-18)12-10-17-14-21-20-9-5-4-8-19(17)20/h1-9,11,13-15,21H,10,12H2. The first-order valence-electron chi connectivity index (χ1n) is 7.66. The molecule has 2 heteroatoms. The van der Waals surface area contributed by atoms with Crippen molar-refractivity contribution in [1.29, 1.82) is 0 Å². The first kappa shape index (κ1) is 13.0. The summed E-state index contributed by atoms with van der Waals surface area (Å²) in [5.74, 6) is 0. The van der Waals surface area contributed by atoms with E-state index in [0.717, 1.165) is 13.0 Å². The van der Waals surface area contributed by atoms with Crippen molar-refractivity contribution in [3.63, 3.8) is 0 Å². The average Bonchev–Trinajstić information content (AvgIpc) is 3.21. The summed E-state index contributed by atoms with van der Waals surface area (Å²) in [6, 6.07) is 21.2. The zero-order valence-electron chi connectivity index (χ0n) is 12.4. The van der Waals surface area contributed by atoms with Gasteiger partial charge in [-0.2, -0.15) is 0 Å². The minimum Gasteiger partial charge on any atom is -0.361 e. The van der Waals surface area contributed by atoms with Crippen molar-refractivity contribution in [2.24, 2.45) is 0 Å². The fourth-order valence-electron chi connectivity index (χ4n) is 2.97. The number of aryl methyl sites for hydroxylation is 2. The molecule has 0 aliphatic heterocycles. The van der Waals surface area contributed by atoms with Gasteiger partial charge in [0.1, 0.15) is 0 Å². The summed E-state index contributed by atoms with van der Waals surface area (Å²) in [5.41, 5.74) is 5.15. The molecule has 0 saturated carbocycles. The average molecular weight is 286 g/mol. The summed E-state index contributed by atoms with van der Waals surface area (Å²) in [5, 5.41) is 1.33. The Balaban J connectivity index is 1.52. The Kier molecular flexibility index (Phi) is 3.28. The Morgan fingerprint density at radius 1 is 0.818 bits per heavy atom. The lowest BCUT2D eigenvalue weighted by Crippen LogP contribution is -1.97. The molecule has 0 spiro atoms. The largest absolute Gasteiger partial charge is 0.361 e. The summed E-state index contributed by atoms with van der Waals surface area (Å²) in [4.78, 5) is 3.35. The number of fused-ring (bicyclic) bond motifs is 1. The van der Waals surface area contributed by atoms with Crippen LogP contribution in [0, 0.1) is 0 Å². The van der Waals surface area contributed by atoms with Gasteiger partial charge >= 0.3 is 0 Å². The molecule has 0 atom stereocenters. The quantitative estimate of drug-likeness (QED) is 0.552. The number of hydrogen-bond donors (Lipinski definition) is 1. The van der Waals surface area contributed by atoms with Crippen molar-refractivity contribution in [2.45, 2.75) is 13.0 Å². The highest BCUT2D eigenvalue weighted by molar-refractivity contribution is 5.83. The minimum absolute atomic E-state index is 0.995. The van der Waals surface area contributed by atoms with Crippen LogP contribution in [0.25, 0.3) is 22.0 Å². The Bertz CT molecular complexity index is 884. The van der Waals surface area contributed by atoms with Gasteiger partial charge in [-0.15, -0.1) is 0 Å². The lowest BCUT2D eigenvalue weighted by Gasteiger charge is -2.02. The fourth-order valence-corrected chi connectivity index (χ4v) is 2.97. The number of nitrogens with zero attached hydrogens (tertiary/aromatic N) is 1. The Morgan fingerprint density at radius 3 is 2.55 bits per heavy atom. The van der Waals surface area contributed by atoms with Gasteiger partial charge in [0.05, 0.1) is 0 Å². The lowest BCUT2D eigenvalue weighted by atomic mass is 10.1. The molecule has 1 N–H and O–H groups in total. The van der Waals surface area contributed by atoms with Crippen LogP contribution >= 0.6 is 0 Å². The van der Waals surface area contributed by atoms with Crippen LogP contribution in [0.15, 0.2) is 79.3 Å². The maximum Gasteiger partial charge on any atom is 0.0456 e. The van der Waals surface area contributed by atoms with E-state index in [-0.39, 0.29) is 0 Å². The van der Waals surface area contributed by atoms with E-state index in [1.807, 2.05) is 0 Å². The van der Waals surface area contributed by atoms with E-state index in [0.29, 0.717) is 0 Å². The van der Waals surface area contributed by atoms with Crippen LogP contribution in [0.3, 0.4) is 0 Å². The molecule has 0 radical (unpaired) electrons. The van der Waals surface area contributed by atoms with Gasteiger partial charge in [0, 0.05) is 36.0 Å². The molecule has 2 aromatic carbocycles. The summed E-state index contributed by atoms with van der Waals surface area (Å²) < 4.78 is 2.27. The van der Waals surface area contributed by atoms with Crippen LogP contribution in [0.2, 0.25) is 0 Å². The molecule has 0 unspecified atom stereocenters. The van der Waals surface area contributed by atoms with E-state index < -0.39 is 0 Å². The van der Waals surface area contributed by atoms with Gasteiger partial charge in [0.2, 0.25) is 0 Å². The van der Waals surface area contributed by atoms with Gasteiger partial charge in [-0.1, -0.05) is 48.5 Å². The normalized spacial score (nSPS) is 11.1. The number of aromatic nitrogens is 2. The van der Waals surface area contributed by atoms with Gasteiger partial charge < -0.3 is 9.55 Å². The second-order valence-electron chi connectivity index (χ2n) is 5.61. The predicted molar refractivity (Wildman–Crippen MR) is 91.9 cm³/mol. The Morgan fingerprint density at radius 2 is 1.64 bits per heavy atom. The molecular formula is C20H18N2. The van der Waals surface area contributed by atoms with Gasteiger partial charge in [-0.05, 0) is 35.2 Å². The molecular weight excluding hydrogens is 268 g/mol. The van der Waals surface area contributed by atoms with Gasteiger partial charge in [-0.3, -0.25) is 0 Å². The fraction of sp³-hybridized carbons (Fsp3) is 0.100. The van der Waals surface area contributed by atoms with Crippen molar-refractivity contribution >= 4 is 10.9 Å². The molecule has 0 bridgehead atoms.